The van der Waals surface area contributed by atoms with E-state index in [-0.39, 0.29) is 11.9 Å². The standard InChI is InChI=1S/C23H39NO3Si2/c1-11-27-21(26)23(24-20(25)22(2,3)4)14-16-12-18(28(5,6)7)19(29(8,9)10)13-17(16)15-23/h12-13H,11,14-15H2,1-10H3,(H,24,25). The molecule has 1 N–H and O–H groups in total. The smallest absolute Gasteiger partial charge is 0.332 e. The van der Waals surface area contributed by atoms with Crippen LogP contribution in [0.3, 0.4) is 0 Å². The van der Waals surface area contributed by atoms with Crippen LogP contribution in [0, 0.1) is 5.41 Å². The summed E-state index contributed by atoms with van der Waals surface area (Å²) in [7, 11) is -3.10. The van der Waals surface area contributed by atoms with Crippen LogP contribution in [-0.4, -0.2) is 40.2 Å². The van der Waals surface area contributed by atoms with Crippen LogP contribution in [0.25, 0.3) is 0 Å². The number of hydrogen-bond donors (Lipinski definition) is 1. The van der Waals surface area contributed by atoms with E-state index in [1.807, 2.05) is 27.7 Å². The van der Waals surface area contributed by atoms with Gasteiger partial charge in [0.05, 0.1) is 22.8 Å². The number of rotatable bonds is 5. The average molecular weight is 434 g/mol. The van der Waals surface area contributed by atoms with Gasteiger partial charge >= 0.3 is 5.97 Å². The van der Waals surface area contributed by atoms with E-state index in [2.05, 4.69) is 56.7 Å². The maximum atomic E-state index is 13.0. The highest BCUT2D eigenvalue weighted by atomic mass is 28.3. The first-order chi connectivity index (χ1) is 13.0. The third-order valence-electron chi connectivity index (χ3n) is 5.64. The highest BCUT2D eigenvalue weighted by Gasteiger charge is 2.48. The molecule has 1 aromatic rings. The minimum atomic E-state index is -1.55. The first-order valence-electron chi connectivity index (χ1n) is 10.7. The third-order valence-corrected chi connectivity index (χ3v) is 9.95. The number of carbonyl (C=O) groups is 2. The number of esters is 1. The molecule has 0 aliphatic heterocycles. The van der Waals surface area contributed by atoms with Crippen molar-refractivity contribution in [2.24, 2.45) is 5.41 Å². The molecule has 29 heavy (non-hydrogen) atoms. The van der Waals surface area contributed by atoms with Gasteiger partial charge in [0.15, 0.2) is 0 Å². The van der Waals surface area contributed by atoms with Crippen LogP contribution >= 0.6 is 0 Å². The van der Waals surface area contributed by atoms with Crippen molar-refractivity contribution in [3.05, 3.63) is 23.3 Å². The van der Waals surface area contributed by atoms with E-state index in [0.717, 1.165) is 0 Å². The zero-order chi connectivity index (χ0) is 22.4. The summed E-state index contributed by atoms with van der Waals surface area (Å²) >= 11 is 0. The zero-order valence-electron chi connectivity index (χ0n) is 20.0. The molecule has 6 heteroatoms. The van der Waals surface area contributed by atoms with Crippen molar-refractivity contribution in [3.63, 3.8) is 0 Å². The third kappa shape index (κ3) is 5.02. The second-order valence-corrected chi connectivity index (χ2v) is 21.6. The quantitative estimate of drug-likeness (QED) is 0.572. The molecular formula is C23H39NO3Si2. The lowest BCUT2D eigenvalue weighted by molar-refractivity contribution is -0.154. The minimum absolute atomic E-state index is 0.116. The van der Waals surface area contributed by atoms with Crippen LogP contribution in [0.4, 0.5) is 0 Å². The van der Waals surface area contributed by atoms with Crippen LogP contribution in [0.1, 0.15) is 38.8 Å². The van der Waals surface area contributed by atoms with E-state index >= 15 is 0 Å². The summed E-state index contributed by atoms with van der Waals surface area (Å²) < 4.78 is 5.43. The van der Waals surface area contributed by atoms with E-state index in [1.54, 1.807) is 0 Å². The van der Waals surface area contributed by atoms with Crippen LogP contribution in [0.15, 0.2) is 12.1 Å². The predicted octanol–water partition coefficient (Wildman–Crippen LogP) is 3.34. The molecule has 0 aromatic heterocycles. The summed E-state index contributed by atoms with van der Waals surface area (Å²) in [6.07, 6.45) is 1.01. The summed E-state index contributed by atoms with van der Waals surface area (Å²) in [5.74, 6) is -0.438. The number of fused-ring (bicyclic) bond motifs is 1. The van der Waals surface area contributed by atoms with E-state index in [9.17, 15) is 9.59 Å². The second-order valence-electron chi connectivity index (χ2n) is 11.5. The number of carbonyl (C=O) groups excluding carboxylic acids is 2. The van der Waals surface area contributed by atoms with E-state index in [1.165, 1.54) is 21.5 Å². The van der Waals surface area contributed by atoms with Crippen molar-refractivity contribution in [3.8, 4) is 0 Å². The van der Waals surface area contributed by atoms with Gasteiger partial charge in [-0.1, -0.05) is 82.6 Å². The molecule has 0 fully saturated rings. The van der Waals surface area contributed by atoms with Gasteiger partial charge in [0.2, 0.25) is 5.91 Å². The lowest BCUT2D eigenvalue weighted by Gasteiger charge is -2.31. The Morgan fingerprint density at radius 2 is 1.38 bits per heavy atom. The molecule has 1 aliphatic rings. The molecule has 0 spiro atoms. The fourth-order valence-electron chi connectivity index (χ4n) is 3.93. The van der Waals surface area contributed by atoms with Gasteiger partial charge in [-0.3, -0.25) is 4.79 Å². The molecule has 2 rings (SSSR count). The Balaban J connectivity index is 2.58. The first-order valence-corrected chi connectivity index (χ1v) is 17.7. The van der Waals surface area contributed by atoms with Gasteiger partial charge < -0.3 is 10.1 Å². The fourth-order valence-corrected chi connectivity index (χ4v) is 9.15. The van der Waals surface area contributed by atoms with Crippen molar-refractivity contribution in [1.29, 1.82) is 0 Å². The number of nitrogens with one attached hydrogen (secondary N) is 1. The SMILES string of the molecule is CCOC(=O)C1(NC(=O)C(C)(C)C)Cc2cc([Si](C)(C)C)c([Si](C)(C)C)cc2C1. The Kier molecular flexibility index (Phi) is 6.33. The Hall–Kier alpha value is -1.41. The van der Waals surface area contributed by atoms with Crippen LogP contribution < -0.4 is 15.7 Å². The maximum absolute atomic E-state index is 13.0. The molecule has 0 saturated carbocycles. The van der Waals surface area contributed by atoms with Crippen molar-refractivity contribution in [2.45, 2.75) is 85.4 Å². The van der Waals surface area contributed by atoms with Crippen LogP contribution in [0.5, 0.6) is 0 Å². The number of ether oxygens (including phenoxy) is 1. The molecule has 162 valence electrons. The Morgan fingerprint density at radius 1 is 0.966 bits per heavy atom. The molecule has 0 atom stereocenters. The minimum Gasteiger partial charge on any atom is -0.464 e. The van der Waals surface area contributed by atoms with Gasteiger partial charge in [0.25, 0.3) is 0 Å². The molecule has 0 heterocycles. The lowest BCUT2D eigenvalue weighted by Crippen LogP contribution is -2.58. The van der Waals surface area contributed by atoms with Crippen molar-refractivity contribution < 1.29 is 14.3 Å². The van der Waals surface area contributed by atoms with Crippen molar-refractivity contribution in [1.82, 2.24) is 5.32 Å². The summed E-state index contributed by atoms with van der Waals surface area (Å²) in [4.78, 5) is 25.9. The summed E-state index contributed by atoms with van der Waals surface area (Å²) in [5.41, 5.74) is 0.803. The normalized spacial score (nSPS) is 16.3. The highest BCUT2D eigenvalue weighted by Crippen LogP contribution is 2.33. The van der Waals surface area contributed by atoms with E-state index in [0.29, 0.717) is 19.4 Å². The van der Waals surface area contributed by atoms with Crippen molar-refractivity contribution in [2.75, 3.05) is 6.61 Å². The Bertz CT molecular complexity index is 768. The molecule has 4 nitrogen and oxygen atoms in total. The van der Waals surface area contributed by atoms with Gasteiger partial charge in [-0.05, 0) is 18.1 Å². The van der Waals surface area contributed by atoms with Crippen LogP contribution in [-0.2, 0) is 27.2 Å². The molecule has 0 saturated heterocycles. The first kappa shape index (κ1) is 23.9. The number of hydrogen-bond acceptors (Lipinski definition) is 3. The van der Waals surface area contributed by atoms with Gasteiger partial charge in [-0.15, -0.1) is 0 Å². The highest BCUT2D eigenvalue weighted by molar-refractivity contribution is 6.98. The fraction of sp³-hybridized carbons (Fsp3) is 0.652. The Morgan fingerprint density at radius 3 is 1.69 bits per heavy atom. The largest absolute Gasteiger partial charge is 0.464 e. The molecule has 0 radical (unpaired) electrons. The van der Waals surface area contributed by atoms with E-state index < -0.39 is 27.1 Å². The molecule has 0 bridgehead atoms. The summed E-state index contributed by atoms with van der Waals surface area (Å²) in [5, 5.41) is 6.08. The molecular weight excluding hydrogens is 394 g/mol. The topological polar surface area (TPSA) is 55.4 Å². The molecule has 1 aromatic carbocycles. The monoisotopic (exact) mass is 433 g/mol. The number of amides is 1. The van der Waals surface area contributed by atoms with Gasteiger partial charge in [0, 0.05) is 18.3 Å². The van der Waals surface area contributed by atoms with E-state index in [4.69, 9.17) is 4.74 Å². The second kappa shape index (κ2) is 7.69. The van der Waals surface area contributed by atoms with Gasteiger partial charge in [-0.25, -0.2) is 4.79 Å². The summed E-state index contributed by atoms with van der Waals surface area (Å²) in [6.45, 7) is 22.0. The maximum Gasteiger partial charge on any atom is 0.332 e. The molecule has 1 aliphatic carbocycles. The molecule has 1 amide bonds. The van der Waals surface area contributed by atoms with Gasteiger partial charge in [-0.2, -0.15) is 0 Å². The predicted molar refractivity (Wildman–Crippen MR) is 127 cm³/mol. The molecule has 0 unspecified atom stereocenters. The summed E-state index contributed by atoms with van der Waals surface area (Å²) in [6, 6.07) is 4.69. The van der Waals surface area contributed by atoms with Crippen LogP contribution in [0.2, 0.25) is 39.3 Å². The number of benzene rings is 1. The van der Waals surface area contributed by atoms with Gasteiger partial charge in [0.1, 0.15) is 5.54 Å². The zero-order valence-corrected chi connectivity index (χ0v) is 22.0. The Labute approximate surface area is 178 Å². The average Bonchev–Trinajstić information content (AvgIpc) is 2.89. The van der Waals surface area contributed by atoms with Crippen molar-refractivity contribution >= 4 is 38.4 Å². The lowest BCUT2D eigenvalue weighted by atomic mass is 9.90.